The van der Waals surface area contributed by atoms with Gasteiger partial charge in [-0.3, -0.25) is 0 Å². The van der Waals surface area contributed by atoms with Crippen molar-refractivity contribution in [3.63, 3.8) is 0 Å². The van der Waals surface area contributed by atoms with Crippen molar-refractivity contribution in [3.8, 4) is 0 Å². The first-order valence-electron chi connectivity index (χ1n) is 7.44. The maximum atomic E-state index is 11.5. The van der Waals surface area contributed by atoms with Gasteiger partial charge in [-0.15, -0.1) is 0 Å². The van der Waals surface area contributed by atoms with Crippen LogP contribution in [-0.4, -0.2) is 75.5 Å². The van der Waals surface area contributed by atoms with E-state index in [-0.39, 0.29) is 26.4 Å². The summed E-state index contributed by atoms with van der Waals surface area (Å²) in [4.78, 5) is 31.1. The zero-order valence-electron chi connectivity index (χ0n) is 13.1. The van der Waals surface area contributed by atoms with Crippen molar-refractivity contribution in [1.29, 1.82) is 0 Å². The molecule has 2 atom stereocenters. The molecule has 2 aliphatic rings. The van der Waals surface area contributed by atoms with Gasteiger partial charge in [-0.05, 0) is 13.8 Å². The van der Waals surface area contributed by atoms with Gasteiger partial charge in [-0.25, -0.2) is 19.6 Å². The van der Waals surface area contributed by atoms with E-state index in [0.29, 0.717) is 25.0 Å². The van der Waals surface area contributed by atoms with Crippen LogP contribution < -0.4 is 0 Å². The molecule has 0 N–H and O–H groups in total. The monoisotopic (exact) mass is 328 g/mol. The summed E-state index contributed by atoms with van der Waals surface area (Å²) in [6.45, 7) is 4.54. The first-order chi connectivity index (χ1) is 11.1. The van der Waals surface area contributed by atoms with Crippen molar-refractivity contribution in [1.82, 2.24) is 0 Å². The molecule has 0 amide bonds. The van der Waals surface area contributed by atoms with Crippen LogP contribution in [0.5, 0.6) is 0 Å². The molecule has 0 unspecified atom stereocenters. The highest BCUT2D eigenvalue weighted by molar-refractivity contribution is 5.87. The Morgan fingerprint density at radius 3 is 1.78 bits per heavy atom. The van der Waals surface area contributed by atoms with Crippen LogP contribution in [0.25, 0.3) is 0 Å². The topological polar surface area (TPSA) is 105 Å². The van der Waals surface area contributed by atoms with Crippen molar-refractivity contribution in [3.05, 3.63) is 0 Å². The third-order valence-electron chi connectivity index (χ3n) is 2.98. The SMILES string of the molecule is CCOC(=O)[C@@H]1COC(COCC2=N[C@@H](C(=O)OCC)CO2)=N1. The third-order valence-corrected chi connectivity index (χ3v) is 2.98. The predicted octanol–water partition coefficient (Wildman–Crippen LogP) is -0.276. The number of esters is 2. The van der Waals surface area contributed by atoms with Gasteiger partial charge in [0.1, 0.15) is 26.4 Å². The summed E-state index contributed by atoms with van der Waals surface area (Å²) in [6.07, 6.45) is 0. The molecule has 23 heavy (non-hydrogen) atoms. The lowest BCUT2D eigenvalue weighted by molar-refractivity contribution is -0.145. The van der Waals surface area contributed by atoms with Gasteiger partial charge in [0.25, 0.3) is 0 Å². The molecule has 9 nitrogen and oxygen atoms in total. The van der Waals surface area contributed by atoms with E-state index in [2.05, 4.69) is 9.98 Å². The van der Waals surface area contributed by atoms with Crippen LogP contribution >= 0.6 is 0 Å². The second-order valence-electron chi connectivity index (χ2n) is 4.70. The fourth-order valence-electron chi connectivity index (χ4n) is 1.95. The maximum absolute atomic E-state index is 11.5. The van der Waals surface area contributed by atoms with E-state index in [1.54, 1.807) is 13.8 Å². The first kappa shape index (κ1) is 17.2. The lowest BCUT2D eigenvalue weighted by atomic mass is 10.3. The van der Waals surface area contributed by atoms with Crippen LogP contribution in [0.4, 0.5) is 0 Å². The van der Waals surface area contributed by atoms with Crippen molar-refractivity contribution >= 4 is 23.7 Å². The van der Waals surface area contributed by atoms with Crippen LogP contribution in [0.15, 0.2) is 9.98 Å². The predicted molar refractivity (Wildman–Crippen MR) is 78.4 cm³/mol. The summed E-state index contributed by atoms with van der Waals surface area (Å²) in [6, 6.07) is -1.27. The molecule has 0 saturated carbocycles. The minimum Gasteiger partial charge on any atom is -0.476 e. The Labute approximate surface area is 133 Å². The Morgan fingerprint density at radius 2 is 1.39 bits per heavy atom. The fourth-order valence-corrected chi connectivity index (χ4v) is 1.95. The molecule has 2 rings (SSSR count). The number of rotatable bonds is 8. The van der Waals surface area contributed by atoms with Crippen molar-refractivity contribution < 1.29 is 33.3 Å². The summed E-state index contributed by atoms with van der Waals surface area (Å²) in [7, 11) is 0. The number of aliphatic imine (C=N–C) groups is 2. The molecule has 0 radical (unpaired) electrons. The molecule has 0 spiro atoms. The van der Waals surface area contributed by atoms with Gasteiger partial charge >= 0.3 is 11.9 Å². The molecule has 0 aromatic carbocycles. The summed E-state index contributed by atoms with van der Waals surface area (Å²) < 4.78 is 25.6. The Hall–Kier alpha value is -2.16. The summed E-state index contributed by atoms with van der Waals surface area (Å²) in [5, 5.41) is 0. The summed E-state index contributed by atoms with van der Waals surface area (Å²) in [5.41, 5.74) is 0. The Bertz CT molecular complexity index is 459. The molecule has 0 aromatic heterocycles. The molecule has 2 heterocycles. The first-order valence-corrected chi connectivity index (χ1v) is 7.44. The molecule has 9 heteroatoms. The molecular formula is C14H20N2O7. The highest BCUT2D eigenvalue weighted by Crippen LogP contribution is 2.09. The quantitative estimate of drug-likeness (QED) is 0.564. The third kappa shape index (κ3) is 4.92. The normalized spacial score (nSPS) is 22.7. The molecule has 0 bridgehead atoms. The zero-order chi connectivity index (χ0) is 16.7. The van der Waals surface area contributed by atoms with Crippen LogP contribution in [-0.2, 0) is 33.3 Å². The minimum atomic E-state index is -0.637. The van der Waals surface area contributed by atoms with E-state index in [0.717, 1.165) is 0 Å². The van der Waals surface area contributed by atoms with E-state index in [9.17, 15) is 9.59 Å². The highest BCUT2D eigenvalue weighted by Gasteiger charge is 2.28. The van der Waals surface area contributed by atoms with E-state index in [4.69, 9.17) is 23.7 Å². The molecule has 0 aliphatic carbocycles. The van der Waals surface area contributed by atoms with Crippen LogP contribution in [0.1, 0.15) is 13.8 Å². The van der Waals surface area contributed by atoms with Gasteiger partial charge in [-0.2, -0.15) is 0 Å². The largest absolute Gasteiger partial charge is 0.476 e. The second kappa shape index (κ2) is 8.47. The molecule has 0 saturated heterocycles. The Balaban J connectivity index is 1.71. The van der Waals surface area contributed by atoms with Gasteiger partial charge < -0.3 is 23.7 Å². The van der Waals surface area contributed by atoms with Gasteiger partial charge in [0, 0.05) is 0 Å². The fraction of sp³-hybridized carbons (Fsp3) is 0.714. The minimum absolute atomic E-state index is 0.0857. The number of hydrogen-bond donors (Lipinski definition) is 0. The van der Waals surface area contributed by atoms with Crippen molar-refractivity contribution in [2.45, 2.75) is 25.9 Å². The van der Waals surface area contributed by atoms with Gasteiger partial charge in [0.05, 0.1) is 13.2 Å². The second-order valence-corrected chi connectivity index (χ2v) is 4.70. The van der Waals surface area contributed by atoms with E-state index >= 15 is 0 Å². The maximum Gasteiger partial charge on any atom is 0.334 e. The van der Waals surface area contributed by atoms with Crippen molar-refractivity contribution in [2.75, 3.05) is 39.6 Å². The zero-order valence-corrected chi connectivity index (χ0v) is 13.1. The molecular weight excluding hydrogens is 308 g/mol. The van der Waals surface area contributed by atoms with E-state index in [1.165, 1.54) is 0 Å². The lowest BCUT2D eigenvalue weighted by Gasteiger charge is -2.03. The smallest absolute Gasteiger partial charge is 0.334 e. The summed E-state index contributed by atoms with van der Waals surface area (Å²) >= 11 is 0. The Morgan fingerprint density at radius 1 is 0.957 bits per heavy atom. The molecule has 0 aromatic rings. The molecule has 0 fully saturated rings. The number of ether oxygens (including phenoxy) is 5. The number of nitrogens with zero attached hydrogens (tertiary/aromatic N) is 2. The van der Waals surface area contributed by atoms with E-state index < -0.39 is 24.0 Å². The standard InChI is InChI=1S/C14H20N2O7/c1-3-20-13(17)9-5-22-11(15-9)7-19-8-12-16-10(6-23-12)14(18)21-4-2/h9-10H,3-8H2,1-2H3/t9-,10+. The van der Waals surface area contributed by atoms with Crippen LogP contribution in [0.2, 0.25) is 0 Å². The average molecular weight is 328 g/mol. The van der Waals surface area contributed by atoms with E-state index in [1.807, 2.05) is 0 Å². The van der Waals surface area contributed by atoms with Gasteiger partial charge in [0.2, 0.25) is 11.8 Å². The van der Waals surface area contributed by atoms with Crippen LogP contribution in [0, 0.1) is 0 Å². The molecule has 2 aliphatic heterocycles. The number of hydrogen-bond acceptors (Lipinski definition) is 9. The Kier molecular flexibility index (Phi) is 6.33. The van der Waals surface area contributed by atoms with Crippen molar-refractivity contribution in [2.24, 2.45) is 9.98 Å². The number of carbonyl (C=O) groups excluding carboxylic acids is 2. The summed E-state index contributed by atoms with van der Waals surface area (Å²) in [5.74, 6) is -0.182. The molecule has 128 valence electrons. The van der Waals surface area contributed by atoms with Gasteiger partial charge in [0.15, 0.2) is 12.1 Å². The van der Waals surface area contributed by atoms with Gasteiger partial charge in [-0.1, -0.05) is 0 Å². The highest BCUT2D eigenvalue weighted by atomic mass is 16.6. The average Bonchev–Trinajstić information content (AvgIpc) is 3.17. The number of carbonyl (C=O) groups is 2. The lowest BCUT2D eigenvalue weighted by Crippen LogP contribution is -2.22. The van der Waals surface area contributed by atoms with Crippen LogP contribution in [0.3, 0.4) is 0 Å².